The molecule has 7 heteroatoms. The van der Waals surface area contributed by atoms with Crippen molar-refractivity contribution in [3.63, 3.8) is 0 Å². The molecule has 0 saturated carbocycles. The summed E-state index contributed by atoms with van der Waals surface area (Å²) in [6.07, 6.45) is 6.34. The van der Waals surface area contributed by atoms with Gasteiger partial charge in [0.05, 0.1) is 12.4 Å². The van der Waals surface area contributed by atoms with Gasteiger partial charge in [-0.25, -0.2) is 19.3 Å². The minimum Gasteiger partial charge on any atom is -0.338 e. The van der Waals surface area contributed by atoms with E-state index in [9.17, 15) is 4.39 Å². The normalized spacial score (nSPS) is 15.4. The molecule has 0 aliphatic carbocycles. The van der Waals surface area contributed by atoms with E-state index in [0.717, 1.165) is 38.5 Å². The molecule has 0 spiro atoms. The van der Waals surface area contributed by atoms with Crippen LogP contribution in [0.1, 0.15) is 11.3 Å². The Hall–Kier alpha value is -2.80. The Kier molecular flexibility index (Phi) is 4.62. The Morgan fingerprint density at radius 3 is 2.54 bits per heavy atom. The third-order valence-corrected chi connectivity index (χ3v) is 4.63. The third kappa shape index (κ3) is 3.57. The number of hydrogen-bond acceptors (Lipinski definition) is 5. The molecule has 3 aromatic rings. The van der Waals surface area contributed by atoms with Gasteiger partial charge in [0.2, 0.25) is 5.95 Å². The van der Waals surface area contributed by atoms with Crippen LogP contribution in [0.2, 0.25) is 0 Å². The molecule has 6 nitrogen and oxygen atoms in total. The fourth-order valence-electron chi connectivity index (χ4n) is 3.22. The molecule has 0 N–H and O–H groups in total. The SMILES string of the molecule is Cc1ccnc(-n2cccc2CN2CCN(c3ncc(F)cn3)CC2)c1. The maximum atomic E-state index is 13.0. The van der Waals surface area contributed by atoms with Gasteiger partial charge in [0, 0.05) is 50.8 Å². The van der Waals surface area contributed by atoms with E-state index in [4.69, 9.17) is 0 Å². The van der Waals surface area contributed by atoms with E-state index in [1.54, 1.807) is 0 Å². The summed E-state index contributed by atoms with van der Waals surface area (Å²) in [5.74, 6) is 1.14. The first kappa shape index (κ1) is 16.7. The summed E-state index contributed by atoms with van der Waals surface area (Å²) in [5, 5.41) is 0. The number of anilines is 1. The number of hydrogen-bond donors (Lipinski definition) is 0. The molecule has 1 fully saturated rings. The van der Waals surface area contributed by atoms with E-state index in [2.05, 4.69) is 60.6 Å². The highest BCUT2D eigenvalue weighted by molar-refractivity contribution is 5.32. The predicted octanol–water partition coefficient (Wildman–Crippen LogP) is 2.43. The fraction of sp³-hybridized carbons (Fsp3) is 0.316. The van der Waals surface area contributed by atoms with Crippen LogP contribution in [0.3, 0.4) is 0 Å². The van der Waals surface area contributed by atoms with Crippen LogP contribution in [-0.4, -0.2) is 50.6 Å². The van der Waals surface area contributed by atoms with Crippen LogP contribution >= 0.6 is 0 Å². The first-order valence-electron chi connectivity index (χ1n) is 8.73. The number of pyridine rings is 1. The standard InChI is InChI=1S/C19H21FN6/c1-15-4-5-21-18(11-15)26-6-2-3-17(26)14-24-7-9-25(10-8-24)19-22-12-16(20)13-23-19/h2-6,11-13H,7-10,14H2,1H3. The van der Waals surface area contributed by atoms with E-state index in [1.165, 1.54) is 23.7 Å². The third-order valence-electron chi connectivity index (χ3n) is 4.63. The van der Waals surface area contributed by atoms with Gasteiger partial charge in [-0.2, -0.15) is 0 Å². The molecular formula is C19H21FN6. The van der Waals surface area contributed by atoms with Crippen LogP contribution in [-0.2, 0) is 6.54 Å². The van der Waals surface area contributed by atoms with Crippen LogP contribution in [0.5, 0.6) is 0 Å². The number of halogens is 1. The quantitative estimate of drug-likeness (QED) is 0.722. The lowest BCUT2D eigenvalue weighted by atomic mass is 10.2. The van der Waals surface area contributed by atoms with Gasteiger partial charge in [-0.1, -0.05) is 0 Å². The summed E-state index contributed by atoms with van der Waals surface area (Å²) >= 11 is 0. The molecule has 4 rings (SSSR count). The number of piperazine rings is 1. The highest BCUT2D eigenvalue weighted by Gasteiger charge is 2.20. The zero-order valence-electron chi connectivity index (χ0n) is 14.7. The minimum absolute atomic E-state index is 0.405. The van der Waals surface area contributed by atoms with Crippen molar-refractivity contribution in [3.05, 3.63) is 66.1 Å². The largest absolute Gasteiger partial charge is 0.338 e. The van der Waals surface area contributed by atoms with E-state index in [-0.39, 0.29) is 0 Å². The first-order valence-corrected chi connectivity index (χ1v) is 8.73. The van der Waals surface area contributed by atoms with Crippen molar-refractivity contribution in [2.45, 2.75) is 13.5 Å². The molecule has 0 radical (unpaired) electrons. The lowest BCUT2D eigenvalue weighted by Crippen LogP contribution is -2.46. The maximum absolute atomic E-state index is 13.0. The lowest BCUT2D eigenvalue weighted by Gasteiger charge is -2.34. The Balaban J connectivity index is 1.41. The van der Waals surface area contributed by atoms with Crippen LogP contribution in [0, 0.1) is 12.7 Å². The zero-order valence-corrected chi connectivity index (χ0v) is 14.7. The van der Waals surface area contributed by atoms with Crippen molar-refractivity contribution in [3.8, 4) is 5.82 Å². The monoisotopic (exact) mass is 352 g/mol. The van der Waals surface area contributed by atoms with E-state index in [1.807, 2.05) is 12.3 Å². The van der Waals surface area contributed by atoms with Crippen molar-refractivity contribution < 1.29 is 4.39 Å². The predicted molar refractivity (Wildman–Crippen MR) is 97.8 cm³/mol. The number of nitrogens with zero attached hydrogens (tertiary/aromatic N) is 6. The number of aromatic nitrogens is 4. The molecule has 134 valence electrons. The van der Waals surface area contributed by atoms with Gasteiger partial charge in [-0.15, -0.1) is 0 Å². The Bertz CT molecular complexity index is 868. The van der Waals surface area contributed by atoms with Gasteiger partial charge in [0.15, 0.2) is 5.82 Å². The topological polar surface area (TPSA) is 50.1 Å². The molecule has 3 aromatic heterocycles. The highest BCUT2D eigenvalue weighted by Crippen LogP contribution is 2.16. The second-order valence-corrected chi connectivity index (χ2v) is 6.53. The summed E-state index contributed by atoms with van der Waals surface area (Å²) < 4.78 is 15.1. The maximum Gasteiger partial charge on any atom is 0.225 e. The second-order valence-electron chi connectivity index (χ2n) is 6.53. The highest BCUT2D eigenvalue weighted by atomic mass is 19.1. The first-order chi connectivity index (χ1) is 12.7. The second kappa shape index (κ2) is 7.21. The van der Waals surface area contributed by atoms with Gasteiger partial charge >= 0.3 is 0 Å². The van der Waals surface area contributed by atoms with Gasteiger partial charge in [-0.3, -0.25) is 4.90 Å². The lowest BCUT2D eigenvalue weighted by molar-refractivity contribution is 0.244. The molecule has 0 amide bonds. The van der Waals surface area contributed by atoms with Gasteiger partial charge < -0.3 is 9.47 Å². The summed E-state index contributed by atoms with van der Waals surface area (Å²) in [4.78, 5) is 17.1. The van der Waals surface area contributed by atoms with Crippen LogP contribution < -0.4 is 4.90 Å². The van der Waals surface area contributed by atoms with Crippen LogP contribution in [0.25, 0.3) is 5.82 Å². The van der Waals surface area contributed by atoms with E-state index < -0.39 is 5.82 Å². The molecule has 1 saturated heterocycles. The van der Waals surface area contributed by atoms with Gasteiger partial charge in [-0.05, 0) is 36.8 Å². The van der Waals surface area contributed by atoms with E-state index in [0.29, 0.717) is 5.95 Å². The van der Waals surface area contributed by atoms with Crippen molar-refractivity contribution in [1.82, 2.24) is 24.4 Å². The molecule has 1 aliphatic rings. The fourth-order valence-corrected chi connectivity index (χ4v) is 3.22. The summed E-state index contributed by atoms with van der Waals surface area (Å²) in [6.45, 7) is 6.41. The van der Waals surface area contributed by atoms with Gasteiger partial charge in [0.25, 0.3) is 0 Å². The summed E-state index contributed by atoms with van der Waals surface area (Å²) in [5.41, 5.74) is 2.41. The molecule has 0 atom stereocenters. The average Bonchev–Trinajstić information content (AvgIpc) is 3.11. The van der Waals surface area contributed by atoms with E-state index >= 15 is 0 Å². The zero-order chi connectivity index (χ0) is 17.9. The minimum atomic E-state index is -0.405. The smallest absolute Gasteiger partial charge is 0.225 e. The molecule has 0 aromatic carbocycles. The molecular weight excluding hydrogens is 331 g/mol. The van der Waals surface area contributed by atoms with Crippen LogP contribution in [0.15, 0.2) is 49.1 Å². The van der Waals surface area contributed by atoms with Crippen LogP contribution in [0.4, 0.5) is 10.3 Å². The molecule has 1 aliphatic heterocycles. The molecule has 4 heterocycles. The Labute approximate surface area is 151 Å². The average molecular weight is 352 g/mol. The Morgan fingerprint density at radius 2 is 1.81 bits per heavy atom. The molecule has 0 bridgehead atoms. The van der Waals surface area contributed by atoms with Crippen molar-refractivity contribution in [2.24, 2.45) is 0 Å². The summed E-state index contributed by atoms with van der Waals surface area (Å²) in [6, 6.07) is 8.29. The van der Waals surface area contributed by atoms with Gasteiger partial charge in [0.1, 0.15) is 5.82 Å². The molecule has 26 heavy (non-hydrogen) atoms. The number of aryl methyl sites for hydroxylation is 1. The number of rotatable bonds is 4. The summed E-state index contributed by atoms with van der Waals surface area (Å²) in [7, 11) is 0. The molecule has 0 unspecified atom stereocenters. The van der Waals surface area contributed by atoms with Crippen molar-refractivity contribution in [2.75, 3.05) is 31.1 Å². The van der Waals surface area contributed by atoms with Crippen molar-refractivity contribution in [1.29, 1.82) is 0 Å². The Morgan fingerprint density at radius 1 is 1.04 bits per heavy atom. The van der Waals surface area contributed by atoms with Crippen molar-refractivity contribution >= 4 is 5.95 Å².